The van der Waals surface area contributed by atoms with Crippen molar-refractivity contribution in [2.24, 2.45) is 5.73 Å². The number of nitrogens with two attached hydrogens (primary N) is 1. The van der Waals surface area contributed by atoms with Crippen molar-refractivity contribution in [2.75, 3.05) is 39.4 Å². The Hall–Kier alpha value is -0.610. The number of ether oxygens (including phenoxy) is 1. The monoisotopic (exact) mass is 254 g/mol. The number of nitrogens with zero attached hydrogens (tertiary/aromatic N) is 1. The normalized spacial score (nSPS) is 19.2. The molecule has 1 atom stereocenters. The molecule has 1 fully saturated rings. The molecular weight excluding hydrogens is 236 g/mol. The van der Waals surface area contributed by atoms with Crippen LogP contribution in [0, 0.1) is 0 Å². The van der Waals surface area contributed by atoms with E-state index in [1.54, 1.807) is 0 Å². The fourth-order valence-electron chi connectivity index (χ4n) is 2.15. The second-order valence-corrected chi connectivity index (χ2v) is 4.83. The molecule has 1 aromatic rings. The summed E-state index contributed by atoms with van der Waals surface area (Å²) in [6, 6.07) is 8.00. The van der Waals surface area contributed by atoms with Crippen LogP contribution in [0.3, 0.4) is 0 Å². The lowest BCUT2D eigenvalue weighted by molar-refractivity contribution is 0.0353. The summed E-state index contributed by atoms with van der Waals surface area (Å²) < 4.78 is 5.35. The van der Waals surface area contributed by atoms with Crippen LogP contribution < -0.4 is 5.73 Å². The smallest absolute Gasteiger partial charge is 0.0594 e. The minimum absolute atomic E-state index is 0.380. The maximum absolute atomic E-state index is 5.89. The highest BCUT2D eigenvalue weighted by Crippen LogP contribution is 2.19. The van der Waals surface area contributed by atoms with Crippen LogP contribution in [-0.4, -0.2) is 44.3 Å². The van der Waals surface area contributed by atoms with E-state index in [9.17, 15) is 0 Å². The van der Waals surface area contributed by atoms with Crippen molar-refractivity contribution in [2.45, 2.75) is 5.92 Å². The van der Waals surface area contributed by atoms with E-state index in [1.807, 2.05) is 12.1 Å². The molecule has 1 aliphatic heterocycles. The Bertz CT molecular complexity index is 336. The molecule has 3 nitrogen and oxygen atoms in total. The molecule has 1 heterocycles. The Morgan fingerprint density at radius 1 is 1.24 bits per heavy atom. The second-order valence-electron chi connectivity index (χ2n) is 4.40. The van der Waals surface area contributed by atoms with E-state index in [4.69, 9.17) is 22.1 Å². The third-order valence-electron chi connectivity index (χ3n) is 3.21. The second kappa shape index (κ2) is 6.36. The van der Waals surface area contributed by atoms with Crippen LogP contribution in [0.25, 0.3) is 0 Å². The Kier molecular flexibility index (Phi) is 4.80. The first-order valence-electron chi connectivity index (χ1n) is 6.05. The highest BCUT2D eigenvalue weighted by molar-refractivity contribution is 6.30. The molecule has 0 aromatic heterocycles. The molecule has 2 N–H and O–H groups in total. The summed E-state index contributed by atoms with van der Waals surface area (Å²) in [4.78, 5) is 2.41. The van der Waals surface area contributed by atoms with Gasteiger partial charge in [-0.3, -0.25) is 4.90 Å². The molecular formula is C13H19ClN2O. The van der Waals surface area contributed by atoms with Gasteiger partial charge in [0.05, 0.1) is 13.2 Å². The Balaban J connectivity index is 1.97. The molecule has 0 aliphatic carbocycles. The van der Waals surface area contributed by atoms with Gasteiger partial charge in [0, 0.05) is 37.1 Å². The highest BCUT2D eigenvalue weighted by Gasteiger charge is 2.17. The summed E-state index contributed by atoms with van der Waals surface area (Å²) in [6.45, 7) is 5.34. The van der Waals surface area contributed by atoms with Gasteiger partial charge in [-0.15, -0.1) is 0 Å². The summed E-state index contributed by atoms with van der Waals surface area (Å²) in [6.07, 6.45) is 0. The first kappa shape index (κ1) is 12.8. The van der Waals surface area contributed by atoms with E-state index < -0.39 is 0 Å². The van der Waals surface area contributed by atoms with Crippen molar-refractivity contribution < 1.29 is 4.74 Å². The van der Waals surface area contributed by atoms with E-state index >= 15 is 0 Å². The number of hydrogen-bond acceptors (Lipinski definition) is 3. The van der Waals surface area contributed by atoms with Gasteiger partial charge >= 0.3 is 0 Å². The van der Waals surface area contributed by atoms with Gasteiger partial charge in [-0.2, -0.15) is 0 Å². The van der Waals surface area contributed by atoms with Crippen molar-refractivity contribution in [3.63, 3.8) is 0 Å². The Morgan fingerprint density at radius 3 is 2.47 bits per heavy atom. The van der Waals surface area contributed by atoms with Gasteiger partial charge in [0.15, 0.2) is 0 Å². The molecule has 1 aliphatic rings. The fourth-order valence-corrected chi connectivity index (χ4v) is 2.27. The minimum atomic E-state index is 0.380. The van der Waals surface area contributed by atoms with Crippen LogP contribution in [0.4, 0.5) is 0 Å². The molecule has 0 radical (unpaired) electrons. The fraction of sp³-hybridized carbons (Fsp3) is 0.538. The van der Waals surface area contributed by atoms with E-state index in [0.29, 0.717) is 12.5 Å². The third-order valence-corrected chi connectivity index (χ3v) is 3.46. The molecule has 1 saturated heterocycles. The zero-order valence-corrected chi connectivity index (χ0v) is 10.7. The van der Waals surface area contributed by atoms with Gasteiger partial charge in [0.25, 0.3) is 0 Å². The van der Waals surface area contributed by atoms with Crippen LogP contribution in [0.5, 0.6) is 0 Å². The van der Waals surface area contributed by atoms with Gasteiger partial charge in [-0.1, -0.05) is 23.7 Å². The molecule has 1 aromatic carbocycles. The number of benzene rings is 1. The van der Waals surface area contributed by atoms with Crippen molar-refractivity contribution in [3.8, 4) is 0 Å². The Labute approximate surface area is 107 Å². The first-order valence-corrected chi connectivity index (χ1v) is 6.43. The predicted molar refractivity (Wildman–Crippen MR) is 70.5 cm³/mol. The molecule has 0 bridgehead atoms. The van der Waals surface area contributed by atoms with Gasteiger partial charge in [0.1, 0.15) is 0 Å². The molecule has 0 spiro atoms. The minimum Gasteiger partial charge on any atom is -0.379 e. The summed E-state index contributed by atoms with van der Waals surface area (Å²) >= 11 is 5.89. The van der Waals surface area contributed by atoms with Crippen LogP contribution >= 0.6 is 11.6 Å². The number of halogens is 1. The molecule has 2 rings (SSSR count). The maximum atomic E-state index is 5.89. The molecule has 0 saturated carbocycles. The average Bonchev–Trinajstić information content (AvgIpc) is 2.38. The van der Waals surface area contributed by atoms with Crippen LogP contribution in [0.1, 0.15) is 11.5 Å². The van der Waals surface area contributed by atoms with E-state index in [1.165, 1.54) is 5.56 Å². The van der Waals surface area contributed by atoms with Gasteiger partial charge in [0.2, 0.25) is 0 Å². The summed E-state index contributed by atoms with van der Waals surface area (Å²) in [5.74, 6) is 0.380. The highest BCUT2D eigenvalue weighted by atomic mass is 35.5. The zero-order valence-electron chi connectivity index (χ0n) is 9.94. The SMILES string of the molecule is NCC(CN1CCOCC1)c1ccc(Cl)cc1. The lowest BCUT2D eigenvalue weighted by Crippen LogP contribution is -2.40. The topological polar surface area (TPSA) is 38.5 Å². The standard InChI is InChI=1S/C13H19ClN2O/c14-13-3-1-11(2-4-13)12(9-15)10-16-5-7-17-8-6-16/h1-4,12H,5-10,15H2. The maximum Gasteiger partial charge on any atom is 0.0594 e. The van der Waals surface area contributed by atoms with Crippen LogP contribution in [0.2, 0.25) is 5.02 Å². The Morgan fingerprint density at radius 2 is 1.88 bits per heavy atom. The molecule has 0 amide bonds. The lowest BCUT2D eigenvalue weighted by atomic mass is 9.98. The molecule has 1 unspecified atom stereocenters. The van der Waals surface area contributed by atoms with Crippen molar-refractivity contribution in [3.05, 3.63) is 34.9 Å². The summed E-state index contributed by atoms with van der Waals surface area (Å²) in [7, 11) is 0. The lowest BCUT2D eigenvalue weighted by Gasteiger charge is -2.30. The van der Waals surface area contributed by atoms with Gasteiger partial charge < -0.3 is 10.5 Å². The summed E-state index contributed by atoms with van der Waals surface area (Å²) in [5, 5.41) is 0.774. The number of rotatable bonds is 4. The quantitative estimate of drug-likeness (QED) is 0.889. The number of morpholine rings is 1. The largest absolute Gasteiger partial charge is 0.379 e. The zero-order chi connectivity index (χ0) is 12.1. The van der Waals surface area contributed by atoms with Crippen LogP contribution in [0.15, 0.2) is 24.3 Å². The van der Waals surface area contributed by atoms with E-state index in [2.05, 4.69) is 17.0 Å². The van der Waals surface area contributed by atoms with E-state index in [0.717, 1.165) is 37.9 Å². The number of hydrogen-bond donors (Lipinski definition) is 1. The average molecular weight is 255 g/mol. The molecule has 4 heteroatoms. The molecule has 94 valence electrons. The third kappa shape index (κ3) is 3.68. The van der Waals surface area contributed by atoms with Crippen LogP contribution in [-0.2, 0) is 4.74 Å². The van der Waals surface area contributed by atoms with E-state index in [-0.39, 0.29) is 0 Å². The first-order chi connectivity index (χ1) is 8.29. The summed E-state index contributed by atoms with van der Waals surface area (Å²) in [5.41, 5.74) is 7.14. The molecule has 17 heavy (non-hydrogen) atoms. The van der Waals surface area contributed by atoms with Gasteiger partial charge in [-0.05, 0) is 17.7 Å². The van der Waals surface area contributed by atoms with Gasteiger partial charge in [-0.25, -0.2) is 0 Å². The van der Waals surface area contributed by atoms with Crippen molar-refractivity contribution in [1.82, 2.24) is 4.90 Å². The van der Waals surface area contributed by atoms with Crippen molar-refractivity contribution >= 4 is 11.6 Å². The van der Waals surface area contributed by atoms with Crippen molar-refractivity contribution in [1.29, 1.82) is 0 Å². The predicted octanol–water partition coefficient (Wildman–Crippen LogP) is 1.71.